The molecule has 1 heterocycles. The third-order valence-electron chi connectivity index (χ3n) is 2.18. The maximum absolute atomic E-state index is 12.5. The number of alkyl halides is 3. The van der Waals surface area contributed by atoms with Gasteiger partial charge in [-0.05, 0) is 12.1 Å². The van der Waals surface area contributed by atoms with Crippen molar-refractivity contribution in [3.63, 3.8) is 0 Å². The van der Waals surface area contributed by atoms with E-state index in [1.807, 2.05) is 0 Å². The first kappa shape index (κ1) is 12.1. The molecule has 2 aromatic rings. The second-order valence-electron chi connectivity index (χ2n) is 3.36. The van der Waals surface area contributed by atoms with E-state index in [0.717, 1.165) is 0 Å². The van der Waals surface area contributed by atoms with Gasteiger partial charge >= 0.3 is 6.18 Å². The first-order valence-electron chi connectivity index (χ1n) is 4.72. The summed E-state index contributed by atoms with van der Waals surface area (Å²) in [5.41, 5.74) is -2.54. The Bertz CT molecular complexity index is 592. The van der Waals surface area contributed by atoms with Crippen molar-refractivity contribution in [3.05, 3.63) is 41.2 Å². The van der Waals surface area contributed by atoms with Crippen LogP contribution in [0.4, 0.5) is 13.2 Å². The Labute approximate surface area is 98.3 Å². The van der Waals surface area contributed by atoms with Gasteiger partial charge in [-0.15, -0.1) is 0 Å². The number of aromatic amines is 1. The highest BCUT2D eigenvalue weighted by Crippen LogP contribution is 2.31. The van der Waals surface area contributed by atoms with Crippen LogP contribution in [-0.2, 0) is 6.18 Å². The van der Waals surface area contributed by atoms with Crippen LogP contribution in [-0.4, -0.2) is 26.3 Å². The molecule has 0 bridgehead atoms. The number of halogens is 3. The predicted molar refractivity (Wildman–Crippen MR) is 52.9 cm³/mol. The van der Waals surface area contributed by atoms with E-state index in [0.29, 0.717) is 0 Å². The van der Waals surface area contributed by atoms with Crippen LogP contribution in [0.3, 0.4) is 0 Å². The van der Waals surface area contributed by atoms with E-state index in [1.54, 1.807) is 5.21 Å². The van der Waals surface area contributed by atoms with Gasteiger partial charge in [0.05, 0.1) is 5.56 Å². The summed E-state index contributed by atoms with van der Waals surface area (Å²) in [4.78, 5) is 11.8. The summed E-state index contributed by atoms with van der Waals surface area (Å²) in [7, 11) is 0. The van der Waals surface area contributed by atoms with Gasteiger partial charge in [0, 0.05) is 0 Å². The van der Waals surface area contributed by atoms with E-state index in [-0.39, 0.29) is 5.56 Å². The van der Waals surface area contributed by atoms with Crippen molar-refractivity contribution in [2.24, 2.45) is 0 Å². The lowest BCUT2D eigenvalue weighted by atomic mass is 10.1. The lowest BCUT2D eigenvalue weighted by Gasteiger charge is -2.05. The Morgan fingerprint density at radius 1 is 1.22 bits per heavy atom. The fourth-order valence-electron chi connectivity index (χ4n) is 1.38. The van der Waals surface area contributed by atoms with E-state index in [2.05, 4.69) is 10.2 Å². The van der Waals surface area contributed by atoms with Crippen LogP contribution in [0.1, 0.15) is 21.7 Å². The summed E-state index contributed by atoms with van der Waals surface area (Å²) < 4.78 is 37.6. The van der Waals surface area contributed by atoms with E-state index < -0.39 is 29.1 Å². The lowest BCUT2D eigenvalue weighted by Crippen LogP contribution is -2.13. The lowest BCUT2D eigenvalue weighted by molar-refractivity contribution is -0.141. The number of para-hydroxylation sites is 1. The Morgan fingerprint density at radius 3 is 2.50 bits per heavy atom. The second-order valence-corrected chi connectivity index (χ2v) is 3.36. The molecule has 0 aliphatic rings. The molecule has 18 heavy (non-hydrogen) atoms. The Kier molecular flexibility index (Phi) is 2.77. The first-order valence-corrected chi connectivity index (χ1v) is 4.72. The zero-order valence-electron chi connectivity index (χ0n) is 8.69. The number of aromatic hydroxyl groups is 1. The first-order chi connectivity index (χ1) is 8.41. The van der Waals surface area contributed by atoms with Crippen molar-refractivity contribution in [2.45, 2.75) is 6.18 Å². The molecule has 2 rings (SSSR count). The fraction of sp³-hybridized carbons (Fsp3) is 0.100. The summed E-state index contributed by atoms with van der Waals surface area (Å²) in [5.74, 6) is -1.47. The molecule has 1 aromatic heterocycles. The van der Waals surface area contributed by atoms with Crippen molar-refractivity contribution >= 4 is 5.78 Å². The predicted octanol–water partition coefficient (Wildman–Crippen LogP) is 1.76. The minimum atomic E-state index is -4.79. The maximum atomic E-state index is 12.5. The molecule has 0 aliphatic heterocycles. The number of phenolic OH excluding ortho intramolecular Hbond substituents is 1. The van der Waals surface area contributed by atoms with Gasteiger partial charge in [-0.25, -0.2) is 0 Å². The van der Waals surface area contributed by atoms with Gasteiger partial charge in [-0.2, -0.15) is 28.6 Å². The van der Waals surface area contributed by atoms with Gasteiger partial charge in [0.15, 0.2) is 11.4 Å². The van der Waals surface area contributed by atoms with Gasteiger partial charge < -0.3 is 5.11 Å². The Hall–Kier alpha value is -2.38. The number of hydrogen-bond acceptors (Lipinski definition) is 4. The highest BCUT2D eigenvalue weighted by molar-refractivity contribution is 6.10. The quantitative estimate of drug-likeness (QED) is 0.803. The average Bonchev–Trinajstić information content (AvgIpc) is 2.77. The SMILES string of the molecule is O=C(c1ccccc1O)c1n[nH]nc1C(F)(F)F. The molecule has 8 heteroatoms. The number of hydrogen-bond donors (Lipinski definition) is 2. The summed E-state index contributed by atoms with van der Waals surface area (Å²) >= 11 is 0. The summed E-state index contributed by atoms with van der Waals surface area (Å²) in [6.07, 6.45) is -4.79. The van der Waals surface area contributed by atoms with Crippen molar-refractivity contribution in [1.29, 1.82) is 0 Å². The van der Waals surface area contributed by atoms with E-state index in [4.69, 9.17) is 0 Å². The van der Waals surface area contributed by atoms with Crippen LogP contribution in [0.15, 0.2) is 24.3 Å². The Balaban J connectivity index is 2.48. The van der Waals surface area contributed by atoms with Crippen molar-refractivity contribution in [1.82, 2.24) is 15.4 Å². The average molecular weight is 257 g/mol. The number of ketones is 1. The van der Waals surface area contributed by atoms with Crippen molar-refractivity contribution in [2.75, 3.05) is 0 Å². The van der Waals surface area contributed by atoms with Gasteiger partial charge in [0.2, 0.25) is 5.78 Å². The second kappa shape index (κ2) is 4.13. The monoisotopic (exact) mass is 257 g/mol. The van der Waals surface area contributed by atoms with Crippen LogP contribution in [0.2, 0.25) is 0 Å². The molecule has 0 saturated heterocycles. The molecule has 0 spiro atoms. The normalized spacial score (nSPS) is 11.5. The molecule has 5 nitrogen and oxygen atoms in total. The minimum absolute atomic E-state index is 0.267. The largest absolute Gasteiger partial charge is 0.507 e. The van der Waals surface area contributed by atoms with Crippen LogP contribution < -0.4 is 0 Å². The number of nitrogens with zero attached hydrogens (tertiary/aromatic N) is 2. The summed E-state index contributed by atoms with van der Waals surface area (Å²) in [6, 6.07) is 5.26. The molecular formula is C10H6F3N3O2. The molecule has 2 N–H and O–H groups in total. The molecule has 0 fully saturated rings. The number of aromatic nitrogens is 3. The number of carbonyl (C=O) groups is 1. The van der Waals surface area contributed by atoms with E-state index >= 15 is 0 Å². The molecule has 0 atom stereocenters. The van der Waals surface area contributed by atoms with Gasteiger partial charge in [0.25, 0.3) is 0 Å². The molecule has 0 radical (unpaired) electrons. The molecule has 0 amide bonds. The van der Waals surface area contributed by atoms with Crippen molar-refractivity contribution in [3.8, 4) is 5.75 Å². The smallest absolute Gasteiger partial charge is 0.437 e. The summed E-state index contributed by atoms with van der Waals surface area (Å²) in [6.45, 7) is 0. The molecular weight excluding hydrogens is 251 g/mol. The molecule has 0 aliphatic carbocycles. The molecule has 94 valence electrons. The third-order valence-corrected chi connectivity index (χ3v) is 2.18. The van der Waals surface area contributed by atoms with Crippen LogP contribution in [0.5, 0.6) is 5.75 Å². The topological polar surface area (TPSA) is 78.9 Å². The fourth-order valence-corrected chi connectivity index (χ4v) is 1.38. The number of nitrogens with one attached hydrogen (secondary N) is 1. The number of benzene rings is 1. The highest BCUT2D eigenvalue weighted by atomic mass is 19.4. The third kappa shape index (κ3) is 2.04. The Morgan fingerprint density at radius 2 is 1.89 bits per heavy atom. The van der Waals surface area contributed by atoms with Gasteiger partial charge in [-0.1, -0.05) is 12.1 Å². The molecule has 1 aromatic carbocycles. The number of H-pyrrole nitrogens is 1. The maximum Gasteiger partial charge on any atom is 0.437 e. The number of rotatable bonds is 2. The number of carbonyl (C=O) groups excluding carboxylic acids is 1. The minimum Gasteiger partial charge on any atom is -0.507 e. The van der Waals surface area contributed by atoms with E-state index in [1.165, 1.54) is 24.3 Å². The zero-order valence-corrected chi connectivity index (χ0v) is 8.69. The molecule has 0 saturated carbocycles. The number of phenols is 1. The van der Waals surface area contributed by atoms with Crippen LogP contribution in [0.25, 0.3) is 0 Å². The molecule has 0 unspecified atom stereocenters. The van der Waals surface area contributed by atoms with Crippen LogP contribution >= 0.6 is 0 Å². The highest BCUT2D eigenvalue weighted by Gasteiger charge is 2.40. The zero-order chi connectivity index (χ0) is 13.3. The summed E-state index contributed by atoms with van der Waals surface area (Å²) in [5, 5.41) is 17.2. The van der Waals surface area contributed by atoms with E-state index in [9.17, 15) is 23.1 Å². The van der Waals surface area contributed by atoms with Gasteiger partial charge in [-0.3, -0.25) is 4.79 Å². The van der Waals surface area contributed by atoms with Crippen LogP contribution in [0, 0.1) is 0 Å². The van der Waals surface area contributed by atoms with Crippen molar-refractivity contribution < 1.29 is 23.1 Å². The standard InChI is InChI=1S/C10H6F3N3O2/c11-10(12,13)9-7(14-16-15-9)8(18)5-3-1-2-4-6(5)17/h1-4,17H,(H,14,15,16). The van der Waals surface area contributed by atoms with Gasteiger partial charge in [0.1, 0.15) is 5.75 Å².